The Labute approximate surface area is 239 Å². The molecule has 4 aromatic rings. The molecule has 4 rings (SSSR count). The van der Waals surface area contributed by atoms with E-state index in [-0.39, 0.29) is 18.1 Å². The smallest absolute Gasteiger partial charge is 0.282 e. The highest BCUT2D eigenvalue weighted by molar-refractivity contribution is 6.32. The number of rotatable bonds is 11. The van der Waals surface area contributed by atoms with Crippen LogP contribution in [0.5, 0.6) is 17.2 Å². The molecule has 0 N–H and O–H groups in total. The first kappa shape index (κ1) is 28.9. The lowest BCUT2D eigenvalue weighted by molar-refractivity contribution is 0.297. The van der Waals surface area contributed by atoms with Crippen LogP contribution >= 0.6 is 11.6 Å². The maximum absolute atomic E-state index is 13.8. The van der Waals surface area contributed by atoms with Crippen LogP contribution in [0.4, 0.5) is 0 Å². The average Bonchev–Trinajstić information content (AvgIpc) is 2.92. The number of ether oxygens (including phenoxy) is 3. The van der Waals surface area contributed by atoms with Gasteiger partial charge in [-0.25, -0.2) is 4.98 Å². The maximum atomic E-state index is 13.8. The van der Waals surface area contributed by atoms with Gasteiger partial charge in [-0.1, -0.05) is 50.2 Å². The van der Waals surface area contributed by atoms with Crippen molar-refractivity contribution in [2.75, 3.05) is 19.8 Å². The summed E-state index contributed by atoms with van der Waals surface area (Å²) < 4.78 is 18.7. The first-order chi connectivity index (χ1) is 19.3. The summed E-state index contributed by atoms with van der Waals surface area (Å²) in [6.07, 6.45) is 3.20. The average molecular weight is 560 g/mol. The monoisotopic (exact) mass is 559 g/mol. The molecule has 0 saturated carbocycles. The SMILES string of the molecule is C=CCOc1c(Cl)cc(C=Nn2c(-c3cc(C(C)C)c(OCC)cc3C)nc3ccccc3c2=O)cc1OCC. The second-order valence-electron chi connectivity index (χ2n) is 9.47. The van der Waals surface area contributed by atoms with Gasteiger partial charge in [0, 0.05) is 5.56 Å². The molecular weight excluding hydrogens is 526 g/mol. The van der Waals surface area contributed by atoms with E-state index < -0.39 is 0 Å². The van der Waals surface area contributed by atoms with E-state index in [2.05, 4.69) is 25.5 Å². The zero-order valence-electron chi connectivity index (χ0n) is 23.5. The lowest BCUT2D eigenvalue weighted by Gasteiger charge is -2.18. The summed E-state index contributed by atoms with van der Waals surface area (Å²) >= 11 is 6.54. The van der Waals surface area contributed by atoms with E-state index in [1.807, 2.05) is 51.1 Å². The van der Waals surface area contributed by atoms with Crippen molar-refractivity contribution >= 4 is 28.7 Å². The lowest BCUT2D eigenvalue weighted by atomic mass is 9.96. The normalized spacial score (nSPS) is 11.4. The highest BCUT2D eigenvalue weighted by Gasteiger charge is 2.19. The standard InChI is InChI=1S/C32H34ClN3O4/c1-7-14-40-30-26(33)16-22(17-29(30)39-9-3)19-34-36-31(35-27-13-11-10-12-23(27)32(36)37)25-18-24(20(4)5)28(38-8-2)15-21(25)6/h7,10-13,15-20H,1,8-9,14H2,2-6H3. The molecule has 0 spiro atoms. The minimum atomic E-state index is -0.279. The minimum absolute atomic E-state index is 0.200. The van der Waals surface area contributed by atoms with Gasteiger partial charge in [-0.2, -0.15) is 9.78 Å². The van der Waals surface area contributed by atoms with E-state index in [4.69, 9.17) is 30.8 Å². The van der Waals surface area contributed by atoms with Crippen LogP contribution in [0.3, 0.4) is 0 Å². The Kier molecular flexibility index (Phi) is 9.27. The van der Waals surface area contributed by atoms with Gasteiger partial charge < -0.3 is 14.2 Å². The van der Waals surface area contributed by atoms with E-state index in [1.165, 1.54) is 4.68 Å². The maximum Gasteiger partial charge on any atom is 0.282 e. The van der Waals surface area contributed by atoms with Crippen LogP contribution in [-0.4, -0.2) is 35.7 Å². The van der Waals surface area contributed by atoms with Gasteiger partial charge in [0.15, 0.2) is 17.3 Å². The molecule has 1 heterocycles. The summed E-state index contributed by atoms with van der Waals surface area (Å²) in [6, 6.07) is 14.8. The summed E-state index contributed by atoms with van der Waals surface area (Å²) in [5.74, 6) is 2.37. The molecule has 0 radical (unpaired) electrons. The molecule has 0 saturated heterocycles. The first-order valence-electron chi connectivity index (χ1n) is 13.3. The molecule has 40 heavy (non-hydrogen) atoms. The lowest BCUT2D eigenvalue weighted by Crippen LogP contribution is -2.21. The molecule has 0 aliphatic heterocycles. The number of nitrogens with zero attached hydrogens (tertiary/aromatic N) is 3. The van der Waals surface area contributed by atoms with Crippen molar-refractivity contribution in [2.24, 2.45) is 5.10 Å². The van der Waals surface area contributed by atoms with Crippen molar-refractivity contribution in [1.29, 1.82) is 0 Å². The van der Waals surface area contributed by atoms with Gasteiger partial charge in [0.1, 0.15) is 12.4 Å². The summed E-state index contributed by atoms with van der Waals surface area (Å²) in [5.41, 5.74) is 3.70. The number of fused-ring (bicyclic) bond motifs is 1. The van der Waals surface area contributed by atoms with Gasteiger partial charge in [-0.05, 0) is 79.8 Å². The number of aryl methyl sites for hydroxylation is 1. The number of hydrogen-bond acceptors (Lipinski definition) is 6. The predicted molar refractivity (Wildman–Crippen MR) is 163 cm³/mol. The molecule has 0 aliphatic carbocycles. The third-order valence-electron chi connectivity index (χ3n) is 6.27. The van der Waals surface area contributed by atoms with E-state index in [9.17, 15) is 4.79 Å². The van der Waals surface area contributed by atoms with Crippen molar-refractivity contribution in [3.8, 4) is 28.6 Å². The second-order valence-corrected chi connectivity index (χ2v) is 9.88. The number of aromatic nitrogens is 2. The van der Waals surface area contributed by atoms with Crippen LogP contribution in [0.15, 0.2) is 71.1 Å². The van der Waals surface area contributed by atoms with Gasteiger partial charge in [0.05, 0.1) is 35.4 Å². The molecule has 1 aromatic heterocycles. The Hall–Kier alpha value is -4.10. The predicted octanol–water partition coefficient (Wildman–Crippen LogP) is 7.39. The van der Waals surface area contributed by atoms with Crippen LogP contribution in [0.25, 0.3) is 22.3 Å². The molecule has 0 unspecified atom stereocenters. The van der Waals surface area contributed by atoms with E-state index in [1.54, 1.807) is 30.5 Å². The summed E-state index contributed by atoms with van der Waals surface area (Å²) in [6.45, 7) is 15.0. The van der Waals surface area contributed by atoms with Crippen LogP contribution < -0.4 is 19.8 Å². The zero-order chi connectivity index (χ0) is 28.8. The van der Waals surface area contributed by atoms with Crippen molar-refractivity contribution in [1.82, 2.24) is 9.66 Å². The Morgan fingerprint density at radius 2 is 1.77 bits per heavy atom. The third-order valence-corrected chi connectivity index (χ3v) is 6.55. The van der Waals surface area contributed by atoms with Crippen molar-refractivity contribution in [3.05, 3.63) is 93.3 Å². The van der Waals surface area contributed by atoms with E-state index >= 15 is 0 Å². The summed E-state index contributed by atoms with van der Waals surface area (Å²) in [7, 11) is 0. The summed E-state index contributed by atoms with van der Waals surface area (Å²) in [5, 5.41) is 5.46. The first-order valence-corrected chi connectivity index (χ1v) is 13.7. The Bertz CT molecular complexity index is 1630. The Morgan fingerprint density at radius 1 is 1.05 bits per heavy atom. The second kappa shape index (κ2) is 12.8. The summed E-state index contributed by atoms with van der Waals surface area (Å²) in [4.78, 5) is 18.7. The molecule has 0 fully saturated rings. The molecule has 8 heteroatoms. The fraction of sp³-hybridized carbons (Fsp3) is 0.281. The topological polar surface area (TPSA) is 74.9 Å². The number of halogens is 1. The van der Waals surface area contributed by atoms with Crippen LogP contribution in [0.1, 0.15) is 50.3 Å². The zero-order valence-corrected chi connectivity index (χ0v) is 24.3. The highest BCUT2D eigenvalue weighted by atomic mass is 35.5. The molecule has 3 aromatic carbocycles. The number of para-hydroxylation sites is 1. The van der Waals surface area contributed by atoms with Crippen molar-refractivity contribution in [2.45, 2.75) is 40.5 Å². The quantitative estimate of drug-likeness (QED) is 0.141. The molecule has 7 nitrogen and oxygen atoms in total. The van der Waals surface area contributed by atoms with Crippen LogP contribution in [-0.2, 0) is 0 Å². The molecule has 208 valence electrons. The Balaban J connectivity index is 1.92. The highest BCUT2D eigenvalue weighted by Crippen LogP contribution is 2.37. The van der Waals surface area contributed by atoms with Gasteiger partial charge in [0.25, 0.3) is 5.56 Å². The van der Waals surface area contributed by atoms with Crippen molar-refractivity contribution in [3.63, 3.8) is 0 Å². The molecule has 0 aliphatic rings. The van der Waals surface area contributed by atoms with E-state index in [0.29, 0.717) is 52.0 Å². The van der Waals surface area contributed by atoms with Crippen LogP contribution in [0.2, 0.25) is 5.02 Å². The molecular formula is C32H34ClN3O4. The van der Waals surface area contributed by atoms with Gasteiger partial charge in [-0.3, -0.25) is 4.79 Å². The van der Waals surface area contributed by atoms with E-state index in [0.717, 1.165) is 22.4 Å². The number of benzene rings is 3. The third kappa shape index (κ3) is 6.05. The molecule has 0 amide bonds. The Morgan fingerprint density at radius 3 is 2.48 bits per heavy atom. The van der Waals surface area contributed by atoms with Crippen molar-refractivity contribution < 1.29 is 14.2 Å². The van der Waals surface area contributed by atoms with Gasteiger partial charge >= 0.3 is 0 Å². The minimum Gasteiger partial charge on any atom is -0.494 e. The van der Waals surface area contributed by atoms with Gasteiger partial charge in [0.2, 0.25) is 0 Å². The van der Waals surface area contributed by atoms with Gasteiger partial charge in [-0.15, -0.1) is 0 Å². The fourth-order valence-electron chi connectivity index (χ4n) is 4.41. The number of hydrogen-bond donors (Lipinski definition) is 0. The largest absolute Gasteiger partial charge is 0.494 e. The van der Waals surface area contributed by atoms with Crippen LogP contribution in [0, 0.1) is 6.92 Å². The molecule has 0 atom stereocenters. The molecule has 0 bridgehead atoms. The fourth-order valence-corrected chi connectivity index (χ4v) is 4.68.